The molecule has 1 aromatic heterocycles. The van der Waals surface area contributed by atoms with E-state index in [1.165, 1.54) is 4.68 Å². The second-order valence-electron chi connectivity index (χ2n) is 4.55. The van der Waals surface area contributed by atoms with E-state index in [-0.39, 0.29) is 5.69 Å². The Bertz CT molecular complexity index is 568. The molecule has 0 bridgehead atoms. The number of hydrogen-bond donors (Lipinski definition) is 0. The molecule has 0 unspecified atom stereocenters. The molecule has 0 amide bonds. The average molecular weight is 246 g/mol. The standard InChI is InChI=1S/C13H18N4O/c1-15(2)9-10-17-12(14-16(3)13(17)18)11-7-5-4-6-8-11/h4-8H,9-10H2,1-3H3. The van der Waals surface area contributed by atoms with Crippen LogP contribution in [0.4, 0.5) is 0 Å². The van der Waals surface area contributed by atoms with E-state index in [0.29, 0.717) is 6.54 Å². The zero-order valence-corrected chi connectivity index (χ0v) is 11.0. The van der Waals surface area contributed by atoms with E-state index >= 15 is 0 Å². The fraction of sp³-hybridized carbons (Fsp3) is 0.385. The molecule has 0 aliphatic rings. The molecule has 0 N–H and O–H groups in total. The Hall–Kier alpha value is -1.88. The van der Waals surface area contributed by atoms with Crippen molar-refractivity contribution in [2.24, 2.45) is 7.05 Å². The molecule has 1 heterocycles. The van der Waals surface area contributed by atoms with Crippen LogP contribution in [0.15, 0.2) is 35.1 Å². The van der Waals surface area contributed by atoms with Crippen LogP contribution < -0.4 is 5.69 Å². The fourth-order valence-electron chi connectivity index (χ4n) is 1.81. The van der Waals surface area contributed by atoms with Gasteiger partial charge in [0.2, 0.25) is 0 Å². The van der Waals surface area contributed by atoms with Gasteiger partial charge in [-0.05, 0) is 14.1 Å². The Morgan fingerprint density at radius 2 is 1.89 bits per heavy atom. The predicted molar refractivity (Wildman–Crippen MR) is 71.5 cm³/mol. The molecule has 5 nitrogen and oxygen atoms in total. The summed E-state index contributed by atoms with van der Waals surface area (Å²) in [7, 11) is 5.66. The Morgan fingerprint density at radius 3 is 2.50 bits per heavy atom. The topological polar surface area (TPSA) is 43.1 Å². The monoisotopic (exact) mass is 246 g/mol. The zero-order chi connectivity index (χ0) is 13.1. The lowest BCUT2D eigenvalue weighted by molar-refractivity contribution is 0.381. The summed E-state index contributed by atoms with van der Waals surface area (Å²) in [6.45, 7) is 1.45. The van der Waals surface area contributed by atoms with E-state index in [2.05, 4.69) is 5.10 Å². The van der Waals surface area contributed by atoms with Crippen molar-refractivity contribution in [3.63, 3.8) is 0 Å². The van der Waals surface area contributed by atoms with Crippen LogP contribution in [0, 0.1) is 0 Å². The van der Waals surface area contributed by atoms with Crippen LogP contribution in [-0.2, 0) is 13.6 Å². The van der Waals surface area contributed by atoms with Crippen molar-refractivity contribution in [3.05, 3.63) is 40.8 Å². The summed E-state index contributed by atoms with van der Waals surface area (Å²) >= 11 is 0. The minimum Gasteiger partial charge on any atom is -0.308 e. The third-order valence-electron chi connectivity index (χ3n) is 2.81. The average Bonchev–Trinajstić information content (AvgIpc) is 2.64. The lowest BCUT2D eigenvalue weighted by Gasteiger charge is -2.10. The molecule has 18 heavy (non-hydrogen) atoms. The lowest BCUT2D eigenvalue weighted by atomic mass is 10.2. The third kappa shape index (κ3) is 2.51. The highest BCUT2D eigenvalue weighted by Crippen LogP contribution is 2.14. The normalized spacial score (nSPS) is 11.1. The molecule has 0 atom stereocenters. The van der Waals surface area contributed by atoms with E-state index in [1.54, 1.807) is 11.6 Å². The maximum Gasteiger partial charge on any atom is 0.345 e. The summed E-state index contributed by atoms with van der Waals surface area (Å²) in [4.78, 5) is 14.1. The molecule has 0 aliphatic carbocycles. The molecule has 0 aliphatic heterocycles. The SMILES string of the molecule is CN(C)CCn1c(-c2ccccc2)nn(C)c1=O. The van der Waals surface area contributed by atoms with Crippen LogP contribution in [0.5, 0.6) is 0 Å². The van der Waals surface area contributed by atoms with E-state index in [9.17, 15) is 4.79 Å². The smallest absolute Gasteiger partial charge is 0.308 e. The Balaban J connectivity index is 2.42. The van der Waals surface area contributed by atoms with Crippen molar-refractivity contribution in [2.45, 2.75) is 6.54 Å². The number of nitrogens with zero attached hydrogens (tertiary/aromatic N) is 4. The van der Waals surface area contributed by atoms with E-state index in [0.717, 1.165) is 17.9 Å². The van der Waals surface area contributed by atoms with Gasteiger partial charge in [0, 0.05) is 25.7 Å². The summed E-state index contributed by atoms with van der Waals surface area (Å²) in [5.41, 5.74) is 0.893. The van der Waals surface area contributed by atoms with Gasteiger partial charge in [-0.3, -0.25) is 4.57 Å². The summed E-state index contributed by atoms with van der Waals surface area (Å²) < 4.78 is 3.10. The first-order valence-corrected chi connectivity index (χ1v) is 5.93. The molecule has 2 aromatic rings. The van der Waals surface area contributed by atoms with Gasteiger partial charge >= 0.3 is 5.69 Å². The highest BCUT2D eigenvalue weighted by molar-refractivity contribution is 5.54. The summed E-state index contributed by atoms with van der Waals surface area (Å²) in [5, 5.41) is 4.31. The molecule has 5 heteroatoms. The minimum atomic E-state index is -0.0734. The van der Waals surface area contributed by atoms with Crippen molar-refractivity contribution in [2.75, 3.05) is 20.6 Å². The molecule has 2 rings (SSSR count). The summed E-state index contributed by atoms with van der Waals surface area (Å²) in [6.07, 6.45) is 0. The van der Waals surface area contributed by atoms with E-state index in [4.69, 9.17) is 0 Å². The van der Waals surface area contributed by atoms with Gasteiger partial charge in [0.25, 0.3) is 0 Å². The van der Waals surface area contributed by atoms with Gasteiger partial charge in [-0.25, -0.2) is 9.48 Å². The minimum absolute atomic E-state index is 0.0734. The van der Waals surface area contributed by atoms with Crippen molar-refractivity contribution < 1.29 is 0 Å². The zero-order valence-electron chi connectivity index (χ0n) is 11.0. The molecule has 0 radical (unpaired) electrons. The van der Waals surface area contributed by atoms with Gasteiger partial charge < -0.3 is 4.90 Å². The first-order valence-electron chi connectivity index (χ1n) is 5.93. The molecular formula is C13H18N4O. The highest BCUT2D eigenvalue weighted by Gasteiger charge is 2.12. The second-order valence-corrected chi connectivity index (χ2v) is 4.55. The summed E-state index contributed by atoms with van der Waals surface area (Å²) in [5.74, 6) is 0.727. The van der Waals surface area contributed by atoms with Crippen molar-refractivity contribution >= 4 is 0 Å². The van der Waals surface area contributed by atoms with Gasteiger partial charge in [0.1, 0.15) is 0 Å². The van der Waals surface area contributed by atoms with E-state index < -0.39 is 0 Å². The Morgan fingerprint density at radius 1 is 1.22 bits per heavy atom. The van der Waals surface area contributed by atoms with Gasteiger partial charge in [0.05, 0.1) is 0 Å². The number of aryl methyl sites for hydroxylation is 1. The van der Waals surface area contributed by atoms with Crippen molar-refractivity contribution in [3.8, 4) is 11.4 Å². The van der Waals surface area contributed by atoms with Crippen molar-refractivity contribution in [1.82, 2.24) is 19.2 Å². The number of rotatable bonds is 4. The molecule has 0 saturated carbocycles. The van der Waals surface area contributed by atoms with Crippen LogP contribution in [0.1, 0.15) is 0 Å². The Kier molecular flexibility index (Phi) is 3.62. The fourth-order valence-corrected chi connectivity index (χ4v) is 1.81. The van der Waals surface area contributed by atoms with Crippen LogP contribution in [-0.4, -0.2) is 39.9 Å². The quantitative estimate of drug-likeness (QED) is 0.802. The predicted octanol–water partition coefficient (Wildman–Crippen LogP) is 0.810. The number of likely N-dealkylation sites (N-methyl/N-ethyl adjacent to an activating group) is 1. The molecule has 96 valence electrons. The van der Waals surface area contributed by atoms with Gasteiger partial charge in [-0.1, -0.05) is 30.3 Å². The van der Waals surface area contributed by atoms with Crippen LogP contribution in [0.25, 0.3) is 11.4 Å². The number of benzene rings is 1. The highest BCUT2D eigenvalue weighted by atomic mass is 16.2. The Labute approximate surface area is 106 Å². The molecular weight excluding hydrogens is 228 g/mol. The van der Waals surface area contributed by atoms with Gasteiger partial charge in [0.15, 0.2) is 5.82 Å². The first kappa shape index (κ1) is 12.6. The van der Waals surface area contributed by atoms with E-state index in [1.807, 2.05) is 49.3 Å². The van der Waals surface area contributed by atoms with Crippen molar-refractivity contribution in [1.29, 1.82) is 0 Å². The van der Waals surface area contributed by atoms with Gasteiger partial charge in [-0.2, -0.15) is 0 Å². The second kappa shape index (κ2) is 5.18. The lowest BCUT2D eigenvalue weighted by Crippen LogP contribution is -2.28. The molecule has 0 saturated heterocycles. The summed E-state index contributed by atoms with van der Waals surface area (Å²) in [6, 6.07) is 9.78. The molecule has 1 aromatic carbocycles. The third-order valence-corrected chi connectivity index (χ3v) is 2.81. The van der Waals surface area contributed by atoms with Gasteiger partial charge in [-0.15, -0.1) is 5.10 Å². The molecule has 0 fully saturated rings. The van der Waals surface area contributed by atoms with Crippen LogP contribution in [0.3, 0.4) is 0 Å². The number of aromatic nitrogens is 3. The maximum absolute atomic E-state index is 12.0. The van der Waals surface area contributed by atoms with Crippen LogP contribution in [0.2, 0.25) is 0 Å². The largest absolute Gasteiger partial charge is 0.345 e. The number of hydrogen-bond acceptors (Lipinski definition) is 3. The first-order chi connectivity index (χ1) is 8.59. The molecule has 0 spiro atoms. The maximum atomic E-state index is 12.0. The van der Waals surface area contributed by atoms with Crippen LogP contribution >= 0.6 is 0 Å².